The Morgan fingerprint density at radius 1 is 0.833 bits per heavy atom. The van der Waals surface area contributed by atoms with Gasteiger partial charge in [-0.1, -0.05) is 0 Å². The first-order valence-electron chi connectivity index (χ1n) is 5.24. The van der Waals surface area contributed by atoms with Gasteiger partial charge in [-0.05, 0) is 22.9 Å². The van der Waals surface area contributed by atoms with Gasteiger partial charge in [-0.15, -0.1) is 0 Å². The number of rotatable bonds is 2. The minimum absolute atomic E-state index is 0.242. The predicted molar refractivity (Wildman–Crippen MR) is 77.5 cm³/mol. The Hall–Kier alpha value is -1.92. The number of anilines is 2. The van der Waals surface area contributed by atoms with Crippen LogP contribution in [0, 0.1) is 0 Å². The van der Waals surface area contributed by atoms with Gasteiger partial charge in [0.25, 0.3) is 0 Å². The molecule has 3 aromatic rings. The highest BCUT2D eigenvalue weighted by atomic mass is 32.1. The molecule has 18 heavy (non-hydrogen) atoms. The van der Waals surface area contributed by atoms with E-state index in [4.69, 9.17) is 11.5 Å². The topological polar surface area (TPSA) is 77.8 Å². The fourth-order valence-electron chi connectivity index (χ4n) is 1.73. The summed E-state index contributed by atoms with van der Waals surface area (Å²) in [5, 5.41) is 7.96. The van der Waals surface area contributed by atoms with Crippen LogP contribution in [-0.4, -0.2) is 9.97 Å². The van der Waals surface area contributed by atoms with Crippen LogP contribution in [-0.2, 0) is 0 Å². The predicted octanol–water partition coefficient (Wildman–Crippen LogP) is 3.10. The second kappa shape index (κ2) is 4.40. The van der Waals surface area contributed by atoms with E-state index in [9.17, 15) is 0 Å². The number of hydrogen-bond donors (Lipinski definition) is 2. The highest BCUT2D eigenvalue weighted by molar-refractivity contribution is 7.08. The van der Waals surface area contributed by atoms with Crippen LogP contribution in [0.5, 0.6) is 0 Å². The zero-order valence-corrected chi connectivity index (χ0v) is 11.0. The van der Waals surface area contributed by atoms with E-state index in [-0.39, 0.29) is 5.95 Å². The number of nitrogens with zero attached hydrogens (tertiary/aromatic N) is 2. The van der Waals surface area contributed by atoms with Gasteiger partial charge in [-0.2, -0.15) is 22.7 Å². The summed E-state index contributed by atoms with van der Waals surface area (Å²) in [6, 6.07) is 3.94. The van der Waals surface area contributed by atoms with Gasteiger partial charge < -0.3 is 11.5 Å². The minimum Gasteiger partial charge on any atom is -0.395 e. The first-order valence-corrected chi connectivity index (χ1v) is 7.12. The molecule has 0 atom stereocenters. The molecule has 0 aliphatic heterocycles. The number of nitrogen functional groups attached to an aromatic ring is 2. The van der Waals surface area contributed by atoms with E-state index < -0.39 is 0 Å². The monoisotopic (exact) mass is 274 g/mol. The van der Waals surface area contributed by atoms with E-state index in [2.05, 4.69) is 9.97 Å². The second-order valence-electron chi connectivity index (χ2n) is 3.72. The van der Waals surface area contributed by atoms with E-state index >= 15 is 0 Å². The van der Waals surface area contributed by atoms with Crippen molar-refractivity contribution in [2.24, 2.45) is 0 Å². The Balaban J connectivity index is 2.23. The van der Waals surface area contributed by atoms with Crippen molar-refractivity contribution in [1.29, 1.82) is 0 Å². The number of hydrogen-bond acceptors (Lipinski definition) is 6. The lowest BCUT2D eigenvalue weighted by atomic mass is 10.1. The summed E-state index contributed by atoms with van der Waals surface area (Å²) in [7, 11) is 0. The minimum atomic E-state index is 0.242. The summed E-state index contributed by atoms with van der Waals surface area (Å²) in [4.78, 5) is 8.47. The molecule has 0 saturated carbocycles. The third-order valence-electron chi connectivity index (χ3n) is 2.55. The fourth-order valence-corrected chi connectivity index (χ4v) is 3.01. The Morgan fingerprint density at radius 2 is 1.33 bits per heavy atom. The zero-order chi connectivity index (χ0) is 12.5. The van der Waals surface area contributed by atoms with E-state index in [1.165, 1.54) is 0 Å². The molecular formula is C12H10N4S2. The molecule has 0 saturated heterocycles. The Kier molecular flexibility index (Phi) is 2.73. The lowest BCUT2D eigenvalue weighted by molar-refractivity contribution is 1.20. The van der Waals surface area contributed by atoms with Crippen LogP contribution >= 0.6 is 22.7 Å². The van der Waals surface area contributed by atoms with Crippen molar-refractivity contribution >= 4 is 34.3 Å². The fraction of sp³-hybridized carbons (Fsp3) is 0. The zero-order valence-electron chi connectivity index (χ0n) is 9.33. The third-order valence-corrected chi connectivity index (χ3v) is 3.92. The van der Waals surface area contributed by atoms with Gasteiger partial charge in [-0.3, -0.25) is 0 Å². The molecule has 0 unspecified atom stereocenters. The van der Waals surface area contributed by atoms with Crippen molar-refractivity contribution in [3.05, 3.63) is 33.7 Å². The van der Waals surface area contributed by atoms with Gasteiger partial charge >= 0.3 is 0 Å². The third kappa shape index (κ3) is 1.85. The molecule has 0 aliphatic carbocycles. The molecule has 3 aromatic heterocycles. The van der Waals surface area contributed by atoms with Gasteiger partial charge in [0.15, 0.2) is 0 Å². The lowest BCUT2D eigenvalue weighted by Crippen LogP contribution is -2.03. The van der Waals surface area contributed by atoms with Gasteiger partial charge in [0.05, 0.1) is 5.69 Å². The van der Waals surface area contributed by atoms with Crippen LogP contribution in [0.15, 0.2) is 33.7 Å². The van der Waals surface area contributed by atoms with E-state index in [0.717, 1.165) is 11.1 Å². The maximum absolute atomic E-state index is 6.16. The highest BCUT2D eigenvalue weighted by Crippen LogP contribution is 2.34. The first kappa shape index (κ1) is 11.2. The average Bonchev–Trinajstić information content (AvgIpc) is 3.02. The summed E-state index contributed by atoms with van der Waals surface area (Å²) in [6.45, 7) is 0. The van der Waals surface area contributed by atoms with Crippen LogP contribution in [0.25, 0.3) is 22.5 Å². The van der Waals surface area contributed by atoms with Crippen LogP contribution < -0.4 is 11.5 Å². The van der Waals surface area contributed by atoms with E-state index in [0.29, 0.717) is 17.1 Å². The smallest absolute Gasteiger partial charge is 0.221 e. The van der Waals surface area contributed by atoms with Gasteiger partial charge in [-0.25, -0.2) is 9.97 Å². The Labute approximate surface area is 112 Å². The summed E-state index contributed by atoms with van der Waals surface area (Å²) in [5.41, 5.74) is 15.9. The molecule has 3 heterocycles. The lowest BCUT2D eigenvalue weighted by Gasteiger charge is -2.08. The molecule has 90 valence electrons. The molecule has 0 radical (unpaired) electrons. The molecular weight excluding hydrogens is 264 g/mol. The molecule has 0 amide bonds. The van der Waals surface area contributed by atoms with Crippen LogP contribution in [0.1, 0.15) is 0 Å². The largest absolute Gasteiger partial charge is 0.395 e. The second-order valence-corrected chi connectivity index (χ2v) is 5.28. The Morgan fingerprint density at radius 3 is 1.72 bits per heavy atom. The normalized spacial score (nSPS) is 10.7. The van der Waals surface area contributed by atoms with Crippen molar-refractivity contribution in [3.8, 4) is 22.5 Å². The summed E-state index contributed by atoms with van der Waals surface area (Å²) in [5.74, 6) is 0.242. The van der Waals surface area contributed by atoms with Crippen molar-refractivity contribution in [3.63, 3.8) is 0 Å². The highest BCUT2D eigenvalue weighted by Gasteiger charge is 2.14. The summed E-state index contributed by atoms with van der Waals surface area (Å²) in [6.07, 6.45) is 0. The van der Waals surface area contributed by atoms with Crippen molar-refractivity contribution < 1.29 is 0 Å². The standard InChI is InChI=1S/C12H10N4S2/c13-9-10(7-1-3-17-5-7)15-12(14)16-11(9)8-2-4-18-6-8/h1-6H,13H2,(H2,14,15,16). The van der Waals surface area contributed by atoms with Gasteiger partial charge in [0, 0.05) is 21.9 Å². The number of nitrogens with two attached hydrogens (primary N) is 2. The van der Waals surface area contributed by atoms with E-state index in [1.807, 2.05) is 33.7 Å². The quantitative estimate of drug-likeness (QED) is 0.752. The van der Waals surface area contributed by atoms with Gasteiger partial charge in [0.1, 0.15) is 11.4 Å². The molecule has 0 bridgehead atoms. The molecule has 4 nitrogen and oxygen atoms in total. The molecule has 3 rings (SSSR count). The maximum Gasteiger partial charge on any atom is 0.221 e. The molecule has 4 N–H and O–H groups in total. The average molecular weight is 274 g/mol. The van der Waals surface area contributed by atoms with Crippen LogP contribution in [0.4, 0.5) is 11.6 Å². The molecule has 0 fully saturated rings. The van der Waals surface area contributed by atoms with Crippen molar-refractivity contribution in [2.75, 3.05) is 11.5 Å². The van der Waals surface area contributed by atoms with Crippen LogP contribution in [0.3, 0.4) is 0 Å². The van der Waals surface area contributed by atoms with Crippen molar-refractivity contribution in [2.45, 2.75) is 0 Å². The van der Waals surface area contributed by atoms with Crippen LogP contribution in [0.2, 0.25) is 0 Å². The van der Waals surface area contributed by atoms with E-state index in [1.54, 1.807) is 22.7 Å². The SMILES string of the molecule is Nc1nc(-c2ccsc2)c(N)c(-c2ccsc2)n1. The molecule has 6 heteroatoms. The van der Waals surface area contributed by atoms with Gasteiger partial charge in [0.2, 0.25) is 5.95 Å². The number of aromatic nitrogens is 2. The Bertz CT molecular complexity index is 604. The molecule has 0 aromatic carbocycles. The summed E-state index contributed by atoms with van der Waals surface area (Å²) >= 11 is 3.20. The van der Waals surface area contributed by atoms with Crippen molar-refractivity contribution in [1.82, 2.24) is 9.97 Å². The maximum atomic E-state index is 6.16. The first-order chi connectivity index (χ1) is 8.75. The number of thiophene rings is 2. The molecule has 0 spiro atoms. The summed E-state index contributed by atoms with van der Waals surface area (Å²) < 4.78 is 0. The molecule has 0 aliphatic rings.